The fourth-order valence-electron chi connectivity index (χ4n) is 1.84. The minimum atomic E-state index is -0.703. The molecule has 0 saturated carbocycles. The summed E-state index contributed by atoms with van der Waals surface area (Å²) in [5.74, 6) is 0.275. The summed E-state index contributed by atoms with van der Waals surface area (Å²) < 4.78 is 10.3. The Balaban J connectivity index is 3.27. The van der Waals surface area contributed by atoms with Crippen LogP contribution in [-0.2, 0) is 9.53 Å². The van der Waals surface area contributed by atoms with Gasteiger partial charge in [0.15, 0.2) is 6.10 Å². The SMILES string of the molecule is COc1cc(C)c(C(OC)C(N)=O)c(C)c1. The molecule has 16 heavy (non-hydrogen) atoms. The van der Waals surface area contributed by atoms with Crippen molar-refractivity contribution in [3.63, 3.8) is 0 Å². The molecule has 0 aromatic heterocycles. The number of benzene rings is 1. The Bertz CT molecular complexity index is 378. The lowest BCUT2D eigenvalue weighted by Gasteiger charge is -2.18. The Labute approximate surface area is 95.3 Å². The highest BCUT2D eigenvalue weighted by molar-refractivity contribution is 5.81. The molecule has 1 unspecified atom stereocenters. The largest absolute Gasteiger partial charge is 0.497 e. The maximum absolute atomic E-state index is 11.3. The molecule has 88 valence electrons. The predicted molar refractivity (Wildman–Crippen MR) is 61.4 cm³/mol. The van der Waals surface area contributed by atoms with Crippen molar-refractivity contribution in [1.29, 1.82) is 0 Å². The Morgan fingerprint density at radius 3 is 2.06 bits per heavy atom. The summed E-state index contributed by atoms with van der Waals surface area (Å²) in [5.41, 5.74) is 7.97. The van der Waals surface area contributed by atoms with Crippen LogP contribution in [0.4, 0.5) is 0 Å². The van der Waals surface area contributed by atoms with Crippen LogP contribution < -0.4 is 10.5 Å². The van der Waals surface area contributed by atoms with Gasteiger partial charge in [0.1, 0.15) is 5.75 Å². The molecule has 0 saturated heterocycles. The molecule has 0 bridgehead atoms. The van der Waals surface area contributed by atoms with Crippen LogP contribution in [0.5, 0.6) is 5.75 Å². The van der Waals surface area contributed by atoms with Gasteiger partial charge in [-0.05, 0) is 42.7 Å². The van der Waals surface area contributed by atoms with E-state index in [1.54, 1.807) is 7.11 Å². The van der Waals surface area contributed by atoms with Crippen molar-refractivity contribution in [3.05, 3.63) is 28.8 Å². The number of rotatable bonds is 4. The van der Waals surface area contributed by atoms with Crippen LogP contribution in [0.15, 0.2) is 12.1 Å². The van der Waals surface area contributed by atoms with E-state index in [0.717, 1.165) is 22.4 Å². The molecule has 1 rings (SSSR count). The van der Waals surface area contributed by atoms with Gasteiger partial charge < -0.3 is 15.2 Å². The van der Waals surface area contributed by atoms with Crippen LogP contribution in [0.25, 0.3) is 0 Å². The third-order valence-electron chi connectivity index (χ3n) is 2.56. The zero-order chi connectivity index (χ0) is 12.3. The molecule has 0 fully saturated rings. The average Bonchev–Trinajstić information content (AvgIpc) is 2.22. The molecular formula is C12H17NO3. The number of carbonyl (C=O) groups is 1. The van der Waals surface area contributed by atoms with Crippen molar-refractivity contribution < 1.29 is 14.3 Å². The summed E-state index contributed by atoms with van der Waals surface area (Å²) in [6, 6.07) is 3.72. The Morgan fingerprint density at radius 1 is 1.25 bits per heavy atom. The Hall–Kier alpha value is -1.55. The van der Waals surface area contributed by atoms with Gasteiger partial charge in [-0.15, -0.1) is 0 Å². The van der Waals surface area contributed by atoms with Crippen LogP contribution in [0, 0.1) is 13.8 Å². The summed E-state index contributed by atoms with van der Waals surface area (Å²) >= 11 is 0. The van der Waals surface area contributed by atoms with E-state index in [1.165, 1.54) is 7.11 Å². The number of hydrogen-bond donors (Lipinski definition) is 1. The third-order valence-corrected chi connectivity index (χ3v) is 2.56. The van der Waals surface area contributed by atoms with E-state index in [1.807, 2.05) is 26.0 Å². The van der Waals surface area contributed by atoms with Gasteiger partial charge in [-0.2, -0.15) is 0 Å². The zero-order valence-corrected chi connectivity index (χ0v) is 10.0. The van der Waals surface area contributed by atoms with E-state index < -0.39 is 12.0 Å². The average molecular weight is 223 g/mol. The highest BCUT2D eigenvalue weighted by Crippen LogP contribution is 2.28. The highest BCUT2D eigenvalue weighted by atomic mass is 16.5. The molecule has 0 aliphatic carbocycles. The van der Waals surface area contributed by atoms with Gasteiger partial charge in [0, 0.05) is 7.11 Å². The van der Waals surface area contributed by atoms with E-state index in [0.29, 0.717) is 0 Å². The highest BCUT2D eigenvalue weighted by Gasteiger charge is 2.21. The molecule has 0 aliphatic heterocycles. The minimum absolute atomic E-state index is 0.487. The molecule has 0 aliphatic rings. The van der Waals surface area contributed by atoms with Crippen molar-refractivity contribution in [2.24, 2.45) is 5.73 Å². The number of nitrogens with two attached hydrogens (primary N) is 1. The van der Waals surface area contributed by atoms with Gasteiger partial charge in [0.05, 0.1) is 7.11 Å². The van der Waals surface area contributed by atoms with Crippen LogP contribution in [0.2, 0.25) is 0 Å². The van der Waals surface area contributed by atoms with Crippen molar-refractivity contribution >= 4 is 5.91 Å². The van der Waals surface area contributed by atoms with Crippen LogP contribution in [-0.4, -0.2) is 20.1 Å². The lowest BCUT2D eigenvalue weighted by atomic mass is 9.97. The molecule has 1 atom stereocenters. The van der Waals surface area contributed by atoms with Crippen molar-refractivity contribution in [1.82, 2.24) is 0 Å². The number of carbonyl (C=O) groups excluding carboxylic acids is 1. The van der Waals surface area contributed by atoms with Gasteiger partial charge >= 0.3 is 0 Å². The van der Waals surface area contributed by atoms with Gasteiger partial charge in [-0.3, -0.25) is 4.79 Å². The normalized spacial score (nSPS) is 12.2. The lowest BCUT2D eigenvalue weighted by molar-refractivity contribution is -0.128. The fraction of sp³-hybridized carbons (Fsp3) is 0.417. The number of amides is 1. The molecule has 1 aromatic carbocycles. The topological polar surface area (TPSA) is 61.6 Å². The zero-order valence-electron chi connectivity index (χ0n) is 10.0. The Morgan fingerprint density at radius 2 is 1.75 bits per heavy atom. The molecule has 1 amide bonds. The molecular weight excluding hydrogens is 206 g/mol. The molecule has 2 N–H and O–H groups in total. The van der Waals surface area contributed by atoms with Crippen molar-refractivity contribution in [2.75, 3.05) is 14.2 Å². The van der Waals surface area contributed by atoms with E-state index in [9.17, 15) is 4.79 Å². The smallest absolute Gasteiger partial charge is 0.251 e. The second-order valence-corrected chi connectivity index (χ2v) is 3.69. The summed E-state index contributed by atoms with van der Waals surface area (Å²) in [4.78, 5) is 11.3. The maximum atomic E-state index is 11.3. The van der Waals surface area contributed by atoms with Crippen LogP contribution in [0.3, 0.4) is 0 Å². The van der Waals surface area contributed by atoms with Crippen LogP contribution >= 0.6 is 0 Å². The summed E-state index contributed by atoms with van der Waals surface area (Å²) in [6.07, 6.45) is -0.703. The first-order chi connectivity index (χ1) is 7.51. The number of primary amides is 1. The second kappa shape index (κ2) is 4.99. The van der Waals surface area contributed by atoms with E-state index in [-0.39, 0.29) is 0 Å². The number of hydrogen-bond acceptors (Lipinski definition) is 3. The van der Waals surface area contributed by atoms with Crippen LogP contribution in [0.1, 0.15) is 22.8 Å². The molecule has 4 heteroatoms. The van der Waals surface area contributed by atoms with Crippen molar-refractivity contribution in [3.8, 4) is 5.75 Å². The first-order valence-electron chi connectivity index (χ1n) is 4.98. The maximum Gasteiger partial charge on any atom is 0.251 e. The quantitative estimate of drug-likeness (QED) is 0.841. The molecule has 0 radical (unpaired) electrons. The molecule has 0 spiro atoms. The van der Waals surface area contributed by atoms with Gasteiger partial charge in [0.2, 0.25) is 0 Å². The number of aryl methyl sites for hydroxylation is 2. The van der Waals surface area contributed by atoms with Gasteiger partial charge in [-0.25, -0.2) is 0 Å². The van der Waals surface area contributed by atoms with Gasteiger partial charge in [0.25, 0.3) is 5.91 Å². The molecule has 1 aromatic rings. The van der Waals surface area contributed by atoms with Crippen molar-refractivity contribution in [2.45, 2.75) is 20.0 Å². The minimum Gasteiger partial charge on any atom is -0.497 e. The lowest BCUT2D eigenvalue weighted by Crippen LogP contribution is -2.24. The predicted octanol–water partition coefficient (Wildman–Crippen LogP) is 1.48. The summed E-state index contributed by atoms with van der Waals surface area (Å²) in [6.45, 7) is 3.81. The molecule has 0 heterocycles. The first kappa shape index (κ1) is 12.5. The standard InChI is InChI=1S/C12H17NO3/c1-7-5-9(15-3)6-8(2)10(7)11(16-4)12(13)14/h5-6,11H,1-4H3,(H2,13,14). The second-order valence-electron chi connectivity index (χ2n) is 3.69. The fourth-order valence-corrected chi connectivity index (χ4v) is 1.84. The van der Waals surface area contributed by atoms with E-state index >= 15 is 0 Å². The van der Waals surface area contributed by atoms with Gasteiger partial charge in [-0.1, -0.05) is 0 Å². The monoisotopic (exact) mass is 223 g/mol. The molecule has 4 nitrogen and oxygen atoms in total. The summed E-state index contributed by atoms with van der Waals surface area (Å²) in [5, 5.41) is 0. The Kier molecular flexibility index (Phi) is 3.90. The third kappa shape index (κ3) is 2.33. The summed E-state index contributed by atoms with van der Waals surface area (Å²) in [7, 11) is 3.08. The number of methoxy groups -OCH3 is 2. The van der Waals surface area contributed by atoms with E-state index in [4.69, 9.17) is 15.2 Å². The first-order valence-corrected chi connectivity index (χ1v) is 4.98. The van der Waals surface area contributed by atoms with E-state index in [2.05, 4.69) is 0 Å². The number of ether oxygens (including phenoxy) is 2.